The zero-order valence-electron chi connectivity index (χ0n) is 7.53. The molecular weight excluding hydrogens is 183 g/mol. The highest BCUT2D eigenvalue weighted by Crippen LogP contribution is 2.36. The van der Waals surface area contributed by atoms with Crippen molar-refractivity contribution >= 4 is 9.03 Å². The van der Waals surface area contributed by atoms with E-state index in [9.17, 15) is 0 Å². The molecule has 0 aliphatic heterocycles. The molecule has 2 nitrogen and oxygen atoms in total. The monoisotopic (exact) mass is 196 g/mol. The number of hydrogen-bond acceptors (Lipinski definition) is 2. The Balaban J connectivity index is 2.22. The Morgan fingerprint density at radius 1 is 1.46 bits per heavy atom. The van der Waals surface area contributed by atoms with Crippen LogP contribution in [0.4, 0.5) is 0 Å². The van der Waals surface area contributed by atoms with E-state index in [1.807, 2.05) is 0 Å². The van der Waals surface area contributed by atoms with Gasteiger partial charge in [0.25, 0.3) is 0 Å². The molecule has 0 amide bonds. The summed E-state index contributed by atoms with van der Waals surface area (Å²) in [5, 5.41) is 0. The molecule has 1 aliphatic carbocycles. The molecule has 13 heavy (non-hydrogen) atoms. The molecule has 0 spiro atoms. The number of hydrogen-bond donors (Lipinski definition) is 1. The summed E-state index contributed by atoms with van der Waals surface area (Å²) in [6.45, 7) is 2.15. The first-order chi connectivity index (χ1) is 6.33. The van der Waals surface area contributed by atoms with Gasteiger partial charge < -0.3 is 9.42 Å². The highest BCUT2D eigenvalue weighted by molar-refractivity contribution is 7.25. The molecule has 0 bridgehead atoms. The Morgan fingerprint density at radius 2 is 2.23 bits per heavy atom. The number of rotatable bonds is 2. The summed E-state index contributed by atoms with van der Waals surface area (Å²) in [5.41, 5.74) is 2.73. The Labute approximate surface area is 79.9 Å². The lowest BCUT2D eigenvalue weighted by atomic mass is 10.0. The first-order valence-electron chi connectivity index (χ1n) is 4.45. The van der Waals surface area contributed by atoms with Gasteiger partial charge in [-0.1, -0.05) is 31.2 Å². The van der Waals surface area contributed by atoms with Crippen LogP contribution < -0.4 is 0 Å². The normalized spacial score (nSPS) is 26.9. The van der Waals surface area contributed by atoms with E-state index in [1.54, 1.807) is 0 Å². The topological polar surface area (TPSA) is 29.5 Å². The first-order valence-corrected chi connectivity index (χ1v) is 5.31. The minimum absolute atomic E-state index is 0.167. The SMILES string of the molecule is C[C@H]1c2ccccc2C[C@H]1OPO. The van der Waals surface area contributed by atoms with E-state index in [2.05, 4.69) is 31.2 Å². The van der Waals surface area contributed by atoms with Crippen LogP contribution in [0.1, 0.15) is 24.0 Å². The molecule has 1 aliphatic rings. The van der Waals surface area contributed by atoms with E-state index in [0.29, 0.717) is 5.92 Å². The maximum Gasteiger partial charge on any atom is 0.152 e. The van der Waals surface area contributed by atoms with E-state index < -0.39 is 9.03 Å². The van der Waals surface area contributed by atoms with Crippen LogP contribution in [0, 0.1) is 0 Å². The van der Waals surface area contributed by atoms with E-state index in [1.165, 1.54) is 11.1 Å². The molecule has 70 valence electrons. The lowest BCUT2D eigenvalue weighted by Gasteiger charge is -2.14. The summed E-state index contributed by atoms with van der Waals surface area (Å²) in [6, 6.07) is 8.38. The molecule has 1 aromatic rings. The fraction of sp³-hybridized carbons (Fsp3) is 0.400. The smallest absolute Gasteiger partial charge is 0.152 e. The molecule has 3 heteroatoms. The zero-order chi connectivity index (χ0) is 9.26. The zero-order valence-corrected chi connectivity index (χ0v) is 8.53. The van der Waals surface area contributed by atoms with Gasteiger partial charge in [-0.3, -0.25) is 0 Å². The molecule has 0 heterocycles. The molecule has 0 fully saturated rings. The average molecular weight is 196 g/mol. The summed E-state index contributed by atoms with van der Waals surface area (Å²) >= 11 is 0. The first kappa shape index (κ1) is 9.14. The lowest BCUT2D eigenvalue weighted by molar-refractivity contribution is 0.200. The molecule has 0 aromatic heterocycles. The third-order valence-electron chi connectivity index (χ3n) is 2.73. The van der Waals surface area contributed by atoms with Crippen molar-refractivity contribution in [2.45, 2.75) is 25.4 Å². The highest BCUT2D eigenvalue weighted by Gasteiger charge is 2.29. The number of benzene rings is 1. The summed E-state index contributed by atoms with van der Waals surface area (Å²) in [5.74, 6) is 0.413. The lowest BCUT2D eigenvalue weighted by Crippen LogP contribution is -2.11. The van der Waals surface area contributed by atoms with Crippen LogP contribution in [-0.4, -0.2) is 11.0 Å². The van der Waals surface area contributed by atoms with E-state index in [0.717, 1.165) is 6.42 Å². The van der Waals surface area contributed by atoms with E-state index in [-0.39, 0.29) is 6.10 Å². The van der Waals surface area contributed by atoms with Crippen LogP contribution in [0.3, 0.4) is 0 Å². The fourth-order valence-electron chi connectivity index (χ4n) is 1.97. The Kier molecular flexibility index (Phi) is 2.63. The Morgan fingerprint density at radius 3 is 2.92 bits per heavy atom. The third-order valence-corrected chi connectivity index (χ3v) is 3.14. The molecular formula is C10H13O2P. The van der Waals surface area contributed by atoms with Gasteiger partial charge in [0.1, 0.15) is 0 Å². The van der Waals surface area contributed by atoms with Crippen molar-refractivity contribution < 1.29 is 9.42 Å². The minimum atomic E-state index is -0.395. The van der Waals surface area contributed by atoms with Crippen molar-refractivity contribution in [3.8, 4) is 0 Å². The summed E-state index contributed by atoms with van der Waals surface area (Å²) in [6.07, 6.45) is 1.10. The molecule has 3 atom stereocenters. The highest BCUT2D eigenvalue weighted by atomic mass is 31.1. The molecule has 1 aromatic carbocycles. The van der Waals surface area contributed by atoms with Crippen molar-refractivity contribution in [1.82, 2.24) is 0 Å². The standard InChI is InChI=1S/C10H13O2P/c1-7-9-5-3-2-4-8(9)6-10(7)12-13-11/h2-5,7,10-11,13H,6H2,1H3/t7-,10+/m0/s1. The second-order valence-electron chi connectivity index (χ2n) is 3.44. The third kappa shape index (κ3) is 1.62. The minimum Gasteiger partial charge on any atom is -0.352 e. The molecule has 1 N–H and O–H groups in total. The van der Waals surface area contributed by atoms with Gasteiger partial charge in [0, 0.05) is 5.92 Å². The van der Waals surface area contributed by atoms with Gasteiger partial charge in [-0.05, 0) is 17.5 Å². The number of fused-ring (bicyclic) bond motifs is 1. The second kappa shape index (κ2) is 3.75. The van der Waals surface area contributed by atoms with Gasteiger partial charge in [-0.25, -0.2) is 0 Å². The molecule has 0 saturated carbocycles. The predicted octanol–water partition coefficient (Wildman–Crippen LogP) is 2.23. The molecule has 1 unspecified atom stereocenters. The van der Waals surface area contributed by atoms with Crippen LogP contribution in [-0.2, 0) is 10.9 Å². The van der Waals surface area contributed by atoms with E-state index >= 15 is 0 Å². The van der Waals surface area contributed by atoms with Crippen molar-refractivity contribution in [3.63, 3.8) is 0 Å². The molecule has 0 saturated heterocycles. The van der Waals surface area contributed by atoms with Gasteiger partial charge in [0.2, 0.25) is 0 Å². The van der Waals surface area contributed by atoms with Crippen molar-refractivity contribution in [2.75, 3.05) is 0 Å². The summed E-state index contributed by atoms with van der Waals surface area (Å²) < 4.78 is 5.28. The van der Waals surface area contributed by atoms with Crippen LogP contribution in [0.5, 0.6) is 0 Å². The van der Waals surface area contributed by atoms with Crippen LogP contribution in [0.2, 0.25) is 0 Å². The van der Waals surface area contributed by atoms with Crippen molar-refractivity contribution in [2.24, 2.45) is 0 Å². The van der Waals surface area contributed by atoms with Crippen molar-refractivity contribution in [1.29, 1.82) is 0 Å². The predicted molar refractivity (Wildman–Crippen MR) is 54.0 cm³/mol. The molecule has 0 radical (unpaired) electrons. The Bertz CT molecular complexity index is 301. The fourth-order valence-corrected chi connectivity index (χ4v) is 2.39. The van der Waals surface area contributed by atoms with Crippen molar-refractivity contribution in [3.05, 3.63) is 35.4 Å². The average Bonchev–Trinajstić information content (AvgIpc) is 2.46. The quantitative estimate of drug-likeness (QED) is 0.735. The Hall–Kier alpha value is -0.430. The largest absolute Gasteiger partial charge is 0.352 e. The van der Waals surface area contributed by atoms with Gasteiger partial charge in [0.15, 0.2) is 9.03 Å². The second-order valence-corrected chi connectivity index (χ2v) is 3.86. The molecule has 2 rings (SSSR count). The van der Waals surface area contributed by atoms with Gasteiger partial charge in [0.05, 0.1) is 6.10 Å². The maximum absolute atomic E-state index is 8.73. The van der Waals surface area contributed by atoms with Gasteiger partial charge >= 0.3 is 0 Å². The van der Waals surface area contributed by atoms with E-state index in [4.69, 9.17) is 9.42 Å². The summed E-state index contributed by atoms with van der Waals surface area (Å²) in [7, 11) is -0.395. The van der Waals surface area contributed by atoms with Gasteiger partial charge in [-0.2, -0.15) is 0 Å². The van der Waals surface area contributed by atoms with Crippen LogP contribution >= 0.6 is 9.03 Å². The van der Waals surface area contributed by atoms with Crippen LogP contribution in [0.15, 0.2) is 24.3 Å². The summed E-state index contributed by atoms with van der Waals surface area (Å²) in [4.78, 5) is 8.73. The van der Waals surface area contributed by atoms with Crippen LogP contribution in [0.25, 0.3) is 0 Å². The maximum atomic E-state index is 8.73. The van der Waals surface area contributed by atoms with Gasteiger partial charge in [-0.15, -0.1) is 0 Å².